The summed E-state index contributed by atoms with van der Waals surface area (Å²) >= 11 is 0. The highest BCUT2D eigenvalue weighted by molar-refractivity contribution is 5.47. The summed E-state index contributed by atoms with van der Waals surface area (Å²) in [7, 11) is 0. The summed E-state index contributed by atoms with van der Waals surface area (Å²) in [6.07, 6.45) is 1.22. The highest BCUT2D eigenvalue weighted by Gasteiger charge is 2.29. The van der Waals surface area contributed by atoms with Crippen molar-refractivity contribution < 1.29 is 10.2 Å². The summed E-state index contributed by atoms with van der Waals surface area (Å²) in [4.78, 5) is 0. The van der Waals surface area contributed by atoms with Crippen LogP contribution in [0.1, 0.15) is 63.1 Å². The normalized spacial score (nSPS) is 12.2. The first-order valence-electron chi connectivity index (χ1n) is 6.42. The van der Waals surface area contributed by atoms with E-state index in [-0.39, 0.29) is 11.7 Å². The van der Waals surface area contributed by atoms with Crippen LogP contribution in [0, 0.1) is 6.92 Å². The van der Waals surface area contributed by atoms with Crippen molar-refractivity contribution >= 4 is 0 Å². The monoisotopic (exact) mass is 236 g/mol. The first kappa shape index (κ1) is 14.0. The van der Waals surface area contributed by atoms with Gasteiger partial charge >= 0.3 is 0 Å². The molecule has 0 radical (unpaired) electrons. The lowest BCUT2D eigenvalue weighted by Gasteiger charge is -2.28. The zero-order valence-electron chi connectivity index (χ0n) is 11.5. The van der Waals surface area contributed by atoms with Crippen LogP contribution in [0.5, 0.6) is 5.75 Å². The van der Waals surface area contributed by atoms with E-state index in [9.17, 15) is 10.2 Å². The number of hydrogen-bond donors (Lipinski definition) is 2. The number of rotatable bonds is 4. The van der Waals surface area contributed by atoms with Crippen molar-refractivity contribution in [3.63, 3.8) is 0 Å². The molecule has 1 aromatic rings. The molecule has 0 heterocycles. The fourth-order valence-electron chi connectivity index (χ4n) is 2.23. The molecule has 0 saturated carbocycles. The molecule has 0 bridgehead atoms. The number of aliphatic hydroxyl groups is 1. The molecule has 0 amide bonds. The van der Waals surface area contributed by atoms with Crippen molar-refractivity contribution in [2.45, 2.75) is 59.0 Å². The second-order valence-electron chi connectivity index (χ2n) is 5.14. The highest BCUT2D eigenvalue weighted by Crippen LogP contribution is 2.39. The molecule has 2 nitrogen and oxygen atoms in total. The smallest absolute Gasteiger partial charge is 0.125 e. The van der Waals surface area contributed by atoms with Gasteiger partial charge in [-0.2, -0.15) is 0 Å². The third kappa shape index (κ3) is 2.63. The molecule has 0 aliphatic heterocycles. The second kappa shape index (κ2) is 5.09. The van der Waals surface area contributed by atoms with Gasteiger partial charge in [-0.25, -0.2) is 0 Å². The van der Waals surface area contributed by atoms with Gasteiger partial charge in [0.05, 0.1) is 5.60 Å². The van der Waals surface area contributed by atoms with Gasteiger partial charge in [0, 0.05) is 5.56 Å². The topological polar surface area (TPSA) is 40.5 Å². The van der Waals surface area contributed by atoms with Crippen LogP contribution in [0.15, 0.2) is 12.1 Å². The molecule has 0 aliphatic carbocycles. The van der Waals surface area contributed by atoms with E-state index in [1.54, 1.807) is 0 Å². The molecule has 0 fully saturated rings. The fraction of sp³-hybridized carbons (Fsp3) is 0.600. The molecule has 17 heavy (non-hydrogen) atoms. The van der Waals surface area contributed by atoms with E-state index in [0.717, 1.165) is 11.1 Å². The quantitative estimate of drug-likeness (QED) is 0.834. The number of hydrogen-bond acceptors (Lipinski definition) is 2. The Kier molecular flexibility index (Phi) is 4.21. The molecule has 0 atom stereocenters. The van der Waals surface area contributed by atoms with Crippen molar-refractivity contribution in [2.75, 3.05) is 0 Å². The zero-order valence-corrected chi connectivity index (χ0v) is 11.5. The summed E-state index contributed by atoms with van der Waals surface area (Å²) in [6.45, 7) is 9.99. The van der Waals surface area contributed by atoms with Crippen LogP contribution in [-0.2, 0) is 5.60 Å². The molecule has 2 N–H and O–H groups in total. The predicted octanol–water partition coefficient (Wildman–Crippen LogP) is 3.83. The minimum atomic E-state index is -0.917. The average Bonchev–Trinajstić information content (AvgIpc) is 2.30. The first-order valence-corrected chi connectivity index (χ1v) is 6.42. The van der Waals surface area contributed by atoms with Crippen LogP contribution in [0.2, 0.25) is 0 Å². The van der Waals surface area contributed by atoms with Gasteiger partial charge in [-0.1, -0.05) is 39.3 Å². The fourth-order valence-corrected chi connectivity index (χ4v) is 2.23. The maximum atomic E-state index is 10.6. The molecule has 0 unspecified atom stereocenters. The van der Waals surface area contributed by atoms with Gasteiger partial charge in [0.1, 0.15) is 5.75 Å². The minimum Gasteiger partial charge on any atom is -0.507 e. The molecule has 1 rings (SSSR count). The summed E-state index contributed by atoms with van der Waals surface area (Å²) in [5, 5.41) is 20.9. The van der Waals surface area contributed by atoms with E-state index in [0.29, 0.717) is 18.4 Å². The van der Waals surface area contributed by atoms with Crippen molar-refractivity contribution in [3.05, 3.63) is 28.8 Å². The largest absolute Gasteiger partial charge is 0.507 e. The van der Waals surface area contributed by atoms with Gasteiger partial charge < -0.3 is 10.2 Å². The van der Waals surface area contributed by atoms with Gasteiger partial charge in [0.2, 0.25) is 0 Å². The third-order valence-corrected chi connectivity index (χ3v) is 3.58. The van der Waals surface area contributed by atoms with Crippen LogP contribution < -0.4 is 0 Å². The Bertz CT molecular complexity index is 390. The highest BCUT2D eigenvalue weighted by atomic mass is 16.3. The molecule has 0 aliphatic rings. The number of aromatic hydroxyl groups is 1. The molecule has 2 heteroatoms. The Morgan fingerprint density at radius 1 is 1.18 bits per heavy atom. The molecule has 0 aromatic heterocycles. The minimum absolute atomic E-state index is 0.256. The Morgan fingerprint density at radius 2 is 1.71 bits per heavy atom. The zero-order chi connectivity index (χ0) is 13.2. The molecular formula is C15H24O2. The number of benzene rings is 1. The van der Waals surface area contributed by atoms with Crippen molar-refractivity contribution in [2.24, 2.45) is 0 Å². The lowest BCUT2D eigenvalue weighted by molar-refractivity contribution is 0.0259. The van der Waals surface area contributed by atoms with E-state index in [1.165, 1.54) is 0 Å². The Labute approximate surface area is 104 Å². The Morgan fingerprint density at radius 3 is 2.12 bits per heavy atom. The molecule has 96 valence electrons. The Hall–Kier alpha value is -1.02. The number of phenols is 1. The van der Waals surface area contributed by atoms with Gasteiger partial charge in [-0.15, -0.1) is 0 Å². The van der Waals surface area contributed by atoms with Gasteiger partial charge in [0.25, 0.3) is 0 Å². The van der Waals surface area contributed by atoms with Gasteiger partial charge in [-0.05, 0) is 37.3 Å². The SMILES string of the molecule is CCC(O)(CC)c1cc(C)cc(C(C)C)c1O. The summed E-state index contributed by atoms with van der Waals surface area (Å²) < 4.78 is 0. The van der Waals surface area contributed by atoms with Crippen LogP contribution in [0.25, 0.3) is 0 Å². The summed E-state index contributed by atoms with van der Waals surface area (Å²) in [5.41, 5.74) is 1.76. The van der Waals surface area contributed by atoms with Crippen LogP contribution in [0.4, 0.5) is 0 Å². The molecule has 0 spiro atoms. The lowest BCUT2D eigenvalue weighted by Crippen LogP contribution is -2.24. The van der Waals surface area contributed by atoms with Crippen LogP contribution in [-0.4, -0.2) is 10.2 Å². The van der Waals surface area contributed by atoms with Crippen LogP contribution >= 0.6 is 0 Å². The standard InChI is InChI=1S/C15H24O2/c1-6-15(17,7-2)13-9-11(5)8-12(10(3)4)14(13)16/h8-10,16-17H,6-7H2,1-5H3. The van der Waals surface area contributed by atoms with Crippen molar-refractivity contribution in [1.29, 1.82) is 0 Å². The van der Waals surface area contributed by atoms with Gasteiger partial charge in [0.15, 0.2) is 0 Å². The van der Waals surface area contributed by atoms with E-state index < -0.39 is 5.60 Å². The van der Waals surface area contributed by atoms with E-state index in [1.807, 2.05) is 32.9 Å². The number of aryl methyl sites for hydroxylation is 1. The number of phenolic OH excluding ortho intramolecular Hbond substituents is 1. The third-order valence-electron chi connectivity index (χ3n) is 3.58. The Balaban J connectivity index is 3.43. The maximum absolute atomic E-state index is 10.6. The average molecular weight is 236 g/mol. The van der Waals surface area contributed by atoms with E-state index >= 15 is 0 Å². The molecular weight excluding hydrogens is 212 g/mol. The van der Waals surface area contributed by atoms with E-state index in [4.69, 9.17) is 0 Å². The molecule has 1 aromatic carbocycles. The summed E-state index contributed by atoms with van der Waals surface area (Å²) in [5.74, 6) is 0.517. The van der Waals surface area contributed by atoms with Crippen molar-refractivity contribution in [3.8, 4) is 5.75 Å². The maximum Gasteiger partial charge on any atom is 0.125 e. The summed E-state index contributed by atoms with van der Waals surface area (Å²) in [6, 6.07) is 3.89. The van der Waals surface area contributed by atoms with E-state index in [2.05, 4.69) is 13.8 Å². The predicted molar refractivity (Wildman–Crippen MR) is 71.4 cm³/mol. The second-order valence-corrected chi connectivity index (χ2v) is 5.14. The van der Waals surface area contributed by atoms with Crippen molar-refractivity contribution in [1.82, 2.24) is 0 Å². The molecule has 0 saturated heterocycles. The lowest BCUT2D eigenvalue weighted by atomic mass is 9.84. The van der Waals surface area contributed by atoms with Gasteiger partial charge in [-0.3, -0.25) is 0 Å². The first-order chi connectivity index (χ1) is 7.85. The van der Waals surface area contributed by atoms with Crippen LogP contribution in [0.3, 0.4) is 0 Å².